The third-order valence-corrected chi connectivity index (χ3v) is 4.68. The number of carbonyl (C=O) groups is 2. The molecular weight excluding hydrogens is 349 g/mol. The summed E-state index contributed by atoms with van der Waals surface area (Å²) in [4.78, 5) is 24.6. The molecule has 23 heavy (non-hydrogen) atoms. The van der Waals surface area contributed by atoms with E-state index >= 15 is 0 Å². The van der Waals surface area contributed by atoms with Crippen molar-refractivity contribution in [3.05, 3.63) is 22.4 Å². The maximum absolute atomic E-state index is 12.1. The molecular formula is C14H19F3N2O2S2. The van der Waals surface area contributed by atoms with Gasteiger partial charge in [0.25, 0.3) is 5.91 Å². The second-order valence-corrected chi connectivity index (χ2v) is 7.18. The van der Waals surface area contributed by atoms with E-state index in [4.69, 9.17) is 0 Å². The molecule has 1 aromatic heterocycles. The molecule has 1 aromatic rings. The molecule has 2 amide bonds. The molecule has 0 aliphatic rings. The molecule has 4 nitrogen and oxygen atoms in total. The van der Waals surface area contributed by atoms with Crippen LogP contribution in [0.25, 0.3) is 0 Å². The van der Waals surface area contributed by atoms with Crippen molar-refractivity contribution in [2.45, 2.75) is 26.1 Å². The second kappa shape index (κ2) is 9.17. The molecule has 0 aliphatic carbocycles. The number of carbonyl (C=O) groups excluding carboxylic acids is 2. The lowest BCUT2D eigenvalue weighted by Gasteiger charge is -2.21. The summed E-state index contributed by atoms with van der Waals surface area (Å²) in [5.74, 6) is -1.64. The summed E-state index contributed by atoms with van der Waals surface area (Å²) in [6.45, 7) is 3.70. The summed E-state index contributed by atoms with van der Waals surface area (Å²) in [5.41, 5.74) is 0. The molecule has 1 rings (SSSR count). The number of halogens is 3. The Morgan fingerprint density at radius 1 is 1.35 bits per heavy atom. The zero-order valence-electron chi connectivity index (χ0n) is 12.8. The fraction of sp³-hybridized carbons (Fsp3) is 0.571. The Labute approximate surface area is 141 Å². The van der Waals surface area contributed by atoms with E-state index in [2.05, 4.69) is 10.6 Å². The van der Waals surface area contributed by atoms with E-state index in [9.17, 15) is 22.8 Å². The van der Waals surface area contributed by atoms with Crippen molar-refractivity contribution in [2.75, 3.05) is 18.1 Å². The first-order chi connectivity index (χ1) is 10.7. The molecule has 0 radical (unpaired) electrons. The average molecular weight is 368 g/mol. The Hall–Kier alpha value is -1.22. The van der Waals surface area contributed by atoms with Crippen molar-refractivity contribution in [1.82, 2.24) is 10.6 Å². The van der Waals surface area contributed by atoms with Crippen LogP contribution >= 0.6 is 23.1 Å². The van der Waals surface area contributed by atoms with Gasteiger partial charge in [0.1, 0.15) is 6.04 Å². The third-order valence-electron chi connectivity index (χ3n) is 2.79. The maximum Gasteiger partial charge on any atom is 0.397 e. The highest BCUT2D eigenvalue weighted by molar-refractivity contribution is 7.99. The number of nitrogens with one attached hydrogen (secondary N) is 2. The fourth-order valence-electron chi connectivity index (χ4n) is 1.70. The van der Waals surface area contributed by atoms with Crippen LogP contribution in [0.2, 0.25) is 0 Å². The minimum atomic E-state index is -4.20. The largest absolute Gasteiger partial charge is 0.397 e. The van der Waals surface area contributed by atoms with E-state index in [0.717, 1.165) is 0 Å². The molecule has 1 heterocycles. The second-order valence-electron chi connectivity index (χ2n) is 5.13. The zero-order chi connectivity index (χ0) is 17.5. The van der Waals surface area contributed by atoms with E-state index in [1.807, 2.05) is 0 Å². The standard InChI is InChI=1S/C14H19F3N2O2S2/c1-9(2)11(19-12(20)10-4-3-6-23-10)13(21)18-5-7-22-8-14(15,16)17/h3-4,6,9,11H,5,7-8H2,1-2H3,(H,18,21)(H,19,20). The van der Waals surface area contributed by atoms with Crippen molar-refractivity contribution < 1.29 is 22.8 Å². The Bertz CT molecular complexity index is 505. The summed E-state index contributed by atoms with van der Waals surface area (Å²) >= 11 is 1.98. The summed E-state index contributed by atoms with van der Waals surface area (Å²) in [6.07, 6.45) is -4.20. The predicted molar refractivity (Wildman–Crippen MR) is 86.8 cm³/mol. The molecule has 2 N–H and O–H groups in total. The van der Waals surface area contributed by atoms with Gasteiger partial charge in [0.2, 0.25) is 5.91 Å². The highest BCUT2D eigenvalue weighted by Crippen LogP contribution is 2.20. The highest BCUT2D eigenvalue weighted by atomic mass is 32.2. The molecule has 0 aliphatic heterocycles. The molecule has 9 heteroatoms. The van der Waals surface area contributed by atoms with Gasteiger partial charge in [0.05, 0.1) is 10.6 Å². The Morgan fingerprint density at radius 3 is 2.57 bits per heavy atom. The van der Waals surface area contributed by atoms with Crippen LogP contribution in [0.5, 0.6) is 0 Å². The number of rotatable bonds is 8. The number of thiophene rings is 1. The van der Waals surface area contributed by atoms with Gasteiger partial charge in [-0.05, 0) is 17.4 Å². The van der Waals surface area contributed by atoms with Crippen LogP contribution in [0, 0.1) is 5.92 Å². The predicted octanol–water partition coefficient (Wildman–Crippen LogP) is 2.91. The highest BCUT2D eigenvalue weighted by Gasteiger charge is 2.27. The van der Waals surface area contributed by atoms with E-state index < -0.39 is 23.9 Å². The molecule has 0 bridgehead atoms. The Kier molecular flexibility index (Phi) is 7.90. The average Bonchev–Trinajstić information content (AvgIpc) is 2.96. The summed E-state index contributed by atoms with van der Waals surface area (Å²) < 4.78 is 36.0. The number of hydrogen-bond acceptors (Lipinski definition) is 4. The van der Waals surface area contributed by atoms with Gasteiger partial charge in [0, 0.05) is 12.3 Å². The topological polar surface area (TPSA) is 58.2 Å². The summed E-state index contributed by atoms with van der Waals surface area (Å²) in [6, 6.07) is 2.67. The third kappa shape index (κ3) is 7.74. The van der Waals surface area contributed by atoms with E-state index in [1.54, 1.807) is 31.4 Å². The number of hydrogen-bond donors (Lipinski definition) is 2. The number of alkyl halides is 3. The van der Waals surface area contributed by atoms with E-state index in [0.29, 0.717) is 16.6 Å². The lowest BCUT2D eigenvalue weighted by molar-refractivity contribution is -0.123. The lowest BCUT2D eigenvalue weighted by atomic mass is 10.0. The van der Waals surface area contributed by atoms with Crippen LogP contribution in [-0.4, -0.2) is 42.1 Å². The van der Waals surface area contributed by atoms with Gasteiger partial charge in [-0.2, -0.15) is 24.9 Å². The molecule has 0 spiro atoms. The zero-order valence-corrected chi connectivity index (χ0v) is 14.4. The molecule has 0 saturated carbocycles. The van der Waals surface area contributed by atoms with Crippen LogP contribution in [0.4, 0.5) is 13.2 Å². The van der Waals surface area contributed by atoms with Crippen LogP contribution in [0.3, 0.4) is 0 Å². The van der Waals surface area contributed by atoms with Crippen molar-refractivity contribution in [3.63, 3.8) is 0 Å². The van der Waals surface area contributed by atoms with Gasteiger partial charge in [-0.15, -0.1) is 11.3 Å². The summed E-state index contributed by atoms with van der Waals surface area (Å²) in [7, 11) is 0. The van der Waals surface area contributed by atoms with Crippen LogP contribution in [0.15, 0.2) is 17.5 Å². The van der Waals surface area contributed by atoms with Crippen LogP contribution in [-0.2, 0) is 4.79 Å². The monoisotopic (exact) mass is 368 g/mol. The van der Waals surface area contributed by atoms with Crippen molar-refractivity contribution in [1.29, 1.82) is 0 Å². The van der Waals surface area contributed by atoms with Gasteiger partial charge in [0.15, 0.2) is 0 Å². The Balaban J connectivity index is 2.41. The molecule has 0 aromatic carbocycles. The van der Waals surface area contributed by atoms with Crippen molar-refractivity contribution in [3.8, 4) is 0 Å². The van der Waals surface area contributed by atoms with Crippen LogP contribution in [0.1, 0.15) is 23.5 Å². The molecule has 0 fully saturated rings. The van der Waals surface area contributed by atoms with Crippen LogP contribution < -0.4 is 10.6 Å². The van der Waals surface area contributed by atoms with Crippen molar-refractivity contribution in [2.24, 2.45) is 5.92 Å². The van der Waals surface area contributed by atoms with Gasteiger partial charge < -0.3 is 10.6 Å². The van der Waals surface area contributed by atoms with Gasteiger partial charge in [-0.1, -0.05) is 19.9 Å². The Morgan fingerprint density at radius 2 is 2.04 bits per heavy atom. The van der Waals surface area contributed by atoms with E-state index in [-0.39, 0.29) is 24.1 Å². The SMILES string of the molecule is CC(C)C(NC(=O)c1cccs1)C(=O)NCCSCC(F)(F)F. The molecule has 0 saturated heterocycles. The normalized spacial score (nSPS) is 13.0. The first kappa shape index (κ1) is 19.8. The van der Waals surface area contributed by atoms with Gasteiger partial charge in [-0.25, -0.2) is 0 Å². The quantitative estimate of drug-likeness (QED) is 0.694. The number of amides is 2. The maximum atomic E-state index is 12.1. The van der Waals surface area contributed by atoms with E-state index in [1.165, 1.54) is 11.3 Å². The minimum absolute atomic E-state index is 0.123. The molecule has 130 valence electrons. The summed E-state index contributed by atoms with van der Waals surface area (Å²) in [5, 5.41) is 6.98. The first-order valence-electron chi connectivity index (χ1n) is 6.97. The lowest BCUT2D eigenvalue weighted by Crippen LogP contribution is -2.50. The van der Waals surface area contributed by atoms with Gasteiger partial charge in [-0.3, -0.25) is 9.59 Å². The fourth-order valence-corrected chi connectivity index (χ4v) is 2.95. The first-order valence-corrected chi connectivity index (χ1v) is 9.00. The number of thioether (sulfide) groups is 1. The van der Waals surface area contributed by atoms with Gasteiger partial charge >= 0.3 is 6.18 Å². The smallest absolute Gasteiger partial charge is 0.353 e. The van der Waals surface area contributed by atoms with Crippen molar-refractivity contribution >= 4 is 34.9 Å². The molecule has 1 atom stereocenters. The molecule has 1 unspecified atom stereocenters. The minimum Gasteiger partial charge on any atom is -0.353 e.